The molecule has 8 aromatic rings. The summed E-state index contributed by atoms with van der Waals surface area (Å²) in [6.07, 6.45) is 0. The molecule has 0 fully saturated rings. The molecule has 0 aliphatic heterocycles. The van der Waals surface area contributed by atoms with Crippen LogP contribution in [-0.2, 0) is 32.5 Å². The van der Waals surface area contributed by atoms with Crippen LogP contribution in [-0.4, -0.2) is 0 Å². The number of fused-ring (bicyclic) bond motifs is 21. The van der Waals surface area contributed by atoms with Gasteiger partial charge in [0.1, 0.15) is 0 Å². The summed E-state index contributed by atoms with van der Waals surface area (Å²) < 4.78 is 0. The summed E-state index contributed by atoms with van der Waals surface area (Å²) in [5, 5.41) is 0. The third-order valence-corrected chi connectivity index (χ3v) is 16.1. The smallest absolute Gasteiger partial charge is 0.0622 e. The van der Waals surface area contributed by atoms with E-state index in [1.54, 1.807) is 0 Å². The first-order chi connectivity index (χ1) is 31.3. The van der Waals surface area contributed by atoms with E-state index in [1.807, 2.05) is 0 Å². The van der Waals surface area contributed by atoms with Gasteiger partial charge in [0.2, 0.25) is 0 Å². The van der Waals surface area contributed by atoms with Crippen molar-refractivity contribution in [1.82, 2.24) is 0 Å². The molecule has 0 radical (unpaired) electrons. The zero-order chi connectivity index (χ0) is 46.1. The second-order valence-electron chi connectivity index (χ2n) is 24.1. The van der Waals surface area contributed by atoms with E-state index in [2.05, 4.69) is 241 Å². The van der Waals surface area contributed by atoms with E-state index in [4.69, 9.17) is 0 Å². The van der Waals surface area contributed by atoms with Crippen LogP contribution in [0.3, 0.4) is 0 Å². The Kier molecular flexibility index (Phi) is 8.26. The van der Waals surface area contributed by atoms with Gasteiger partial charge in [-0.25, -0.2) is 0 Å². The molecule has 0 atom stereocenters. The molecule has 12 rings (SSSR count). The van der Waals surface area contributed by atoms with Crippen molar-refractivity contribution < 1.29 is 0 Å². The number of rotatable bonds is 1. The molecule has 2 spiro atoms. The molecule has 0 unspecified atom stereocenters. The first-order valence-corrected chi connectivity index (χ1v) is 24.3. The van der Waals surface area contributed by atoms with Crippen molar-refractivity contribution in [2.75, 3.05) is 0 Å². The Morgan fingerprint density at radius 1 is 0.258 bits per heavy atom. The predicted octanol–water partition coefficient (Wildman–Crippen LogP) is 17.2. The average molecular weight is 855 g/mol. The average Bonchev–Trinajstić information content (AvgIpc) is 3.96. The fourth-order valence-electron chi connectivity index (χ4n) is 12.7. The maximum atomic E-state index is 2.67. The summed E-state index contributed by atoms with van der Waals surface area (Å²) in [6.45, 7) is 28.4. The molecule has 0 N–H and O–H groups in total. The Morgan fingerprint density at radius 3 is 1.02 bits per heavy atom. The zero-order valence-electron chi connectivity index (χ0n) is 41.0. The maximum Gasteiger partial charge on any atom is 0.0732 e. The lowest BCUT2D eigenvalue weighted by atomic mass is 9.65. The van der Waals surface area contributed by atoms with Crippen LogP contribution in [0.1, 0.15) is 150 Å². The molecule has 0 heteroatoms. The predicted molar refractivity (Wildman–Crippen MR) is 279 cm³/mol. The Hall–Kier alpha value is -6.24. The van der Waals surface area contributed by atoms with Gasteiger partial charge in [0.15, 0.2) is 0 Å². The minimum absolute atomic E-state index is 0.0336. The largest absolute Gasteiger partial charge is 0.0732 e. The van der Waals surface area contributed by atoms with Crippen LogP contribution in [0.4, 0.5) is 0 Å². The summed E-state index contributed by atoms with van der Waals surface area (Å²) in [6, 6.07) is 62.9. The Bertz CT molecular complexity index is 3250. The second kappa shape index (κ2) is 13.2. The first-order valence-electron chi connectivity index (χ1n) is 24.3. The molecule has 0 nitrogen and oxygen atoms in total. The highest BCUT2D eigenvalue weighted by Crippen LogP contribution is 2.72. The SMILES string of the molecule is CC(C)(C)c1ccc2c(c1)C1(c3cc(C(C)(C)C)ccc3-2)c2ccccc2-c2c1cc(-c1ccccc1)c1c2C2(c3cc(C(C)(C)C)ccc3-c3ccc(C(C)(C)C)cc32)c2ccccc2-1. The Morgan fingerprint density at radius 2 is 0.606 bits per heavy atom. The lowest BCUT2D eigenvalue weighted by Crippen LogP contribution is -2.30. The minimum atomic E-state index is -0.586. The lowest BCUT2D eigenvalue weighted by Gasteiger charge is -2.36. The molecule has 0 bridgehead atoms. The molecule has 326 valence electrons. The molecular weight excluding hydrogens is 793 g/mol. The summed E-state index contributed by atoms with van der Waals surface area (Å²) in [5.41, 5.74) is 28.8. The highest BCUT2D eigenvalue weighted by Gasteiger charge is 2.59. The lowest BCUT2D eigenvalue weighted by molar-refractivity contribution is 0.586. The number of hydrogen-bond acceptors (Lipinski definition) is 0. The van der Waals surface area contributed by atoms with Gasteiger partial charge in [0.25, 0.3) is 0 Å². The van der Waals surface area contributed by atoms with E-state index in [1.165, 1.54) is 122 Å². The monoisotopic (exact) mass is 854 g/mol. The van der Waals surface area contributed by atoms with Crippen molar-refractivity contribution in [2.45, 2.75) is 116 Å². The van der Waals surface area contributed by atoms with Crippen LogP contribution in [0.2, 0.25) is 0 Å². The van der Waals surface area contributed by atoms with Crippen molar-refractivity contribution >= 4 is 0 Å². The van der Waals surface area contributed by atoms with Gasteiger partial charge in [-0.3, -0.25) is 0 Å². The van der Waals surface area contributed by atoms with Crippen molar-refractivity contribution in [3.63, 3.8) is 0 Å². The van der Waals surface area contributed by atoms with E-state index >= 15 is 0 Å². The zero-order valence-corrected chi connectivity index (χ0v) is 41.0. The minimum Gasteiger partial charge on any atom is -0.0622 e. The summed E-state index contributed by atoms with van der Waals surface area (Å²) in [4.78, 5) is 0. The quantitative estimate of drug-likeness (QED) is 0.154. The van der Waals surface area contributed by atoms with Gasteiger partial charge in [-0.05, 0) is 150 Å². The van der Waals surface area contributed by atoms with Crippen LogP contribution in [0.15, 0.2) is 158 Å². The van der Waals surface area contributed by atoms with Gasteiger partial charge < -0.3 is 0 Å². The molecular formula is C66H62. The van der Waals surface area contributed by atoms with Crippen LogP contribution in [0, 0.1) is 0 Å². The summed E-state index contributed by atoms with van der Waals surface area (Å²) in [5.74, 6) is 0. The van der Waals surface area contributed by atoms with E-state index in [-0.39, 0.29) is 21.7 Å². The van der Waals surface area contributed by atoms with Crippen LogP contribution in [0.25, 0.3) is 55.6 Å². The van der Waals surface area contributed by atoms with Crippen LogP contribution >= 0.6 is 0 Å². The summed E-state index contributed by atoms with van der Waals surface area (Å²) >= 11 is 0. The molecule has 4 aliphatic rings. The second-order valence-corrected chi connectivity index (χ2v) is 24.1. The fraction of sp³-hybridized carbons (Fsp3) is 0.273. The fourth-order valence-corrected chi connectivity index (χ4v) is 12.7. The van der Waals surface area contributed by atoms with Crippen molar-refractivity contribution in [3.05, 3.63) is 224 Å². The van der Waals surface area contributed by atoms with Crippen LogP contribution in [0.5, 0.6) is 0 Å². The van der Waals surface area contributed by atoms with Gasteiger partial charge in [0.05, 0.1) is 10.8 Å². The van der Waals surface area contributed by atoms with E-state index in [0.29, 0.717) is 0 Å². The van der Waals surface area contributed by atoms with Crippen molar-refractivity contribution in [2.24, 2.45) is 0 Å². The maximum absolute atomic E-state index is 2.67. The molecule has 0 amide bonds. The molecule has 0 saturated carbocycles. The highest BCUT2D eigenvalue weighted by molar-refractivity contribution is 6.08. The highest BCUT2D eigenvalue weighted by atomic mass is 14.6. The standard InChI is InChI=1S/C66H62/c1-61(2,3)40-26-30-44-45-31-27-41(62(4,5)6)35-54(45)65(53(44)34-40)51-24-18-17-23-49(51)59-57(65)38-50(39-20-14-13-15-21-39)58-48-22-16-19-25-52(48)66(60(58)59)55-36-42(63(7,8)9)28-32-46(55)47-33-29-43(37-56(47)66)64(10,11)12/h13-38H,1-12H3. The van der Waals surface area contributed by atoms with Crippen molar-refractivity contribution in [1.29, 1.82) is 0 Å². The Balaban J connectivity index is 1.35. The third kappa shape index (κ3) is 5.28. The van der Waals surface area contributed by atoms with E-state index < -0.39 is 10.8 Å². The number of benzene rings is 8. The van der Waals surface area contributed by atoms with Gasteiger partial charge in [-0.15, -0.1) is 0 Å². The molecule has 0 heterocycles. The molecule has 8 aromatic carbocycles. The molecule has 0 saturated heterocycles. The Labute approximate surface area is 393 Å². The number of hydrogen-bond donors (Lipinski definition) is 0. The van der Waals surface area contributed by atoms with Gasteiger partial charge in [-0.2, -0.15) is 0 Å². The molecule has 0 aromatic heterocycles. The summed E-state index contributed by atoms with van der Waals surface area (Å²) in [7, 11) is 0. The van der Waals surface area contributed by atoms with Gasteiger partial charge in [0, 0.05) is 0 Å². The van der Waals surface area contributed by atoms with E-state index in [9.17, 15) is 0 Å². The normalized spacial score (nSPS) is 15.5. The van der Waals surface area contributed by atoms with Crippen molar-refractivity contribution in [3.8, 4) is 55.6 Å². The van der Waals surface area contributed by atoms with Gasteiger partial charge >= 0.3 is 0 Å². The molecule has 66 heavy (non-hydrogen) atoms. The van der Waals surface area contributed by atoms with E-state index in [0.717, 1.165) is 0 Å². The van der Waals surface area contributed by atoms with Gasteiger partial charge in [-0.1, -0.05) is 235 Å². The molecule has 4 aliphatic carbocycles. The first kappa shape index (κ1) is 41.2. The third-order valence-electron chi connectivity index (χ3n) is 16.1. The van der Waals surface area contributed by atoms with Crippen LogP contribution < -0.4 is 0 Å². The topological polar surface area (TPSA) is 0 Å².